The SMILES string of the molecule is O=C1OCC(Cc2ccccc2)N1C(=O)[C@H](C=C[C@H](Cc1ccc(F)cc1)C(=O)N1C(=O)OCC1Cc1ccccc1)Cc1ccccc1. The van der Waals surface area contributed by atoms with Crippen LogP contribution in [-0.2, 0) is 44.7 Å². The van der Waals surface area contributed by atoms with Crippen LogP contribution in [0, 0.1) is 17.7 Å². The monoisotopic (exact) mass is 660 g/mol. The molecule has 2 aliphatic rings. The maximum atomic E-state index is 14.3. The van der Waals surface area contributed by atoms with Gasteiger partial charge in [-0.25, -0.2) is 23.8 Å². The van der Waals surface area contributed by atoms with Crippen molar-refractivity contribution in [3.8, 4) is 0 Å². The van der Waals surface area contributed by atoms with E-state index in [-0.39, 0.29) is 26.1 Å². The van der Waals surface area contributed by atoms with Gasteiger partial charge >= 0.3 is 12.2 Å². The van der Waals surface area contributed by atoms with Gasteiger partial charge in [-0.3, -0.25) is 9.59 Å². The van der Waals surface area contributed by atoms with Gasteiger partial charge in [-0.2, -0.15) is 0 Å². The lowest BCUT2D eigenvalue weighted by molar-refractivity contribution is -0.133. The smallest absolute Gasteiger partial charge is 0.417 e. The van der Waals surface area contributed by atoms with Crippen LogP contribution >= 0.6 is 0 Å². The number of rotatable bonds is 12. The van der Waals surface area contributed by atoms with E-state index in [2.05, 4.69) is 0 Å². The van der Waals surface area contributed by atoms with Crippen molar-refractivity contribution in [3.63, 3.8) is 0 Å². The Morgan fingerprint density at radius 2 is 0.959 bits per heavy atom. The van der Waals surface area contributed by atoms with E-state index in [0.717, 1.165) is 21.6 Å². The van der Waals surface area contributed by atoms with Crippen molar-refractivity contribution >= 4 is 24.0 Å². The van der Waals surface area contributed by atoms with Crippen molar-refractivity contribution in [2.45, 2.75) is 37.8 Å². The highest BCUT2D eigenvalue weighted by Crippen LogP contribution is 2.26. The quantitative estimate of drug-likeness (QED) is 0.160. The Hall–Kier alpha value is -5.57. The Morgan fingerprint density at radius 1 is 0.592 bits per heavy atom. The fraction of sp³-hybridized carbons (Fsp3) is 0.250. The fourth-order valence-corrected chi connectivity index (χ4v) is 6.38. The Kier molecular flexibility index (Phi) is 10.6. The average molecular weight is 661 g/mol. The normalized spacial score (nSPS) is 18.7. The third-order valence-corrected chi connectivity index (χ3v) is 8.90. The van der Waals surface area contributed by atoms with Gasteiger partial charge in [0.2, 0.25) is 11.8 Å². The summed E-state index contributed by atoms with van der Waals surface area (Å²) in [4.78, 5) is 56.9. The van der Waals surface area contributed by atoms with Crippen LogP contribution in [0.4, 0.5) is 14.0 Å². The van der Waals surface area contributed by atoms with Crippen LogP contribution in [0.2, 0.25) is 0 Å². The molecule has 2 fully saturated rings. The molecule has 0 N–H and O–H groups in total. The van der Waals surface area contributed by atoms with Gasteiger partial charge in [-0.05, 0) is 60.1 Å². The molecule has 2 saturated heterocycles. The molecule has 0 radical (unpaired) electrons. The number of carbonyl (C=O) groups excluding carboxylic acids is 4. The molecule has 0 aromatic heterocycles. The van der Waals surface area contributed by atoms with Crippen LogP contribution in [0.15, 0.2) is 127 Å². The first kappa shape index (κ1) is 33.3. The molecular formula is C40H37FN2O6. The summed E-state index contributed by atoms with van der Waals surface area (Å²) in [6, 6.07) is 33.3. The molecule has 4 amide bonds. The van der Waals surface area contributed by atoms with E-state index in [1.165, 1.54) is 17.0 Å². The van der Waals surface area contributed by atoms with E-state index in [0.29, 0.717) is 18.4 Å². The van der Waals surface area contributed by atoms with E-state index in [9.17, 15) is 23.6 Å². The average Bonchev–Trinajstić information content (AvgIpc) is 3.67. The van der Waals surface area contributed by atoms with Gasteiger partial charge < -0.3 is 9.47 Å². The summed E-state index contributed by atoms with van der Waals surface area (Å²) in [7, 11) is 0. The van der Waals surface area contributed by atoms with Gasteiger partial charge in [0.15, 0.2) is 0 Å². The van der Waals surface area contributed by atoms with Crippen LogP contribution < -0.4 is 0 Å². The zero-order valence-corrected chi connectivity index (χ0v) is 26.9. The van der Waals surface area contributed by atoms with E-state index in [1.807, 2.05) is 91.0 Å². The van der Waals surface area contributed by atoms with Gasteiger partial charge in [0, 0.05) is 0 Å². The molecular weight excluding hydrogens is 623 g/mol. The summed E-state index contributed by atoms with van der Waals surface area (Å²) >= 11 is 0. The van der Waals surface area contributed by atoms with Gasteiger partial charge in [0.1, 0.15) is 19.0 Å². The molecule has 250 valence electrons. The molecule has 9 heteroatoms. The topological polar surface area (TPSA) is 93.2 Å². The number of nitrogens with zero attached hydrogens (tertiary/aromatic N) is 2. The minimum Gasteiger partial charge on any atom is -0.447 e. The number of halogens is 1. The molecule has 0 bridgehead atoms. The summed E-state index contributed by atoms with van der Waals surface area (Å²) in [6.07, 6.45) is 3.11. The van der Waals surface area contributed by atoms with Crippen molar-refractivity contribution < 1.29 is 33.0 Å². The third-order valence-electron chi connectivity index (χ3n) is 8.90. The largest absolute Gasteiger partial charge is 0.447 e. The summed E-state index contributed by atoms with van der Waals surface area (Å²) < 4.78 is 24.5. The lowest BCUT2D eigenvalue weighted by Crippen LogP contribution is -2.44. The number of hydrogen-bond acceptors (Lipinski definition) is 6. The third kappa shape index (κ3) is 8.30. The van der Waals surface area contributed by atoms with Crippen LogP contribution in [0.5, 0.6) is 0 Å². The van der Waals surface area contributed by atoms with Gasteiger partial charge in [-0.15, -0.1) is 0 Å². The Bertz CT molecular complexity index is 1780. The standard InChI is InChI=1S/C40H37FN2O6/c41-34-20-16-31(17-21-34)23-33(38(45)43-36(27-49-40(43)47)25-30-14-8-3-9-15-30)19-18-32(22-28-10-4-1-5-11-28)37(44)42-35(26-48-39(42)46)24-29-12-6-2-7-13-29/h1-21,32-33,35-36H,22-27H2/t32-,33-,35?,36?/m1/s1. The van der Waals surface area contributed by atoms with Gasteiger partial charge in [0.05, 0.1) is 23.9 Å². The predicted octanol–water partition coefficient (Wildman–Crippen LogP) is 6.58. The molecule has 2 heterocycles. The molecule has 49 heavy (non-hydrogen) atoms. The Morgan fingerprint density at radius 3 is 1.37 bits per heavy atom. The number of hydrogen-bond donors (Lipinski definition) is 0. The summed E-state index contributed by atoms with van der Waals surface area (Å²) in [5.74, 6) is -3.08. The number of carbonyl (C=O) groups is 4. The van der Waals surface area contributed by atoms with Crippen molar-refractivity contribution in [1.82, 2.24) is 9.80 Å². The van der Waals surface area contributed by atoms with Crippen LogP contribution in [0.25, 0.3) is 0 Å². The van der Waals surface area contributed by atoms with Crippen LogP contribution in [0.3, 0.4) is 0 Å². The molecule has 6 rings (SSSR count). The number of benzene rings is 4. The minimum atomic E-state index is -0.897. The number of cyclic esters (lactones) is 2. The molecule has 0 saturated carbocycles. The van der Waals surface area contributed by atoms with E-state index in [4.69, 9.17) is 9.47 Å². The summed E-state index contributed by atoms with van der Waals surface area (Å²) in [5, 5.41) is 0. The molecule has 4 atom stereocenters. The maximum Gasteiger partial charge on any atom is 0.417 e. The zero-order chi connectivity index (χ0) is 34.2. The molecule has 2 unspecified atom stereocenters. The Labute approximate surface area is 284 Å². The van der Waals surface area contributed by atoms with Crippen molar-refractivity contribution in [1.29, 1.82) is 0 Å². The van der Waals surface area contributed by atoms with Crippen molar-refractivity contribution in [2.75, 3.05) is 13.2 Å². The second-order valence-electron chi connectivity index (χ2n) is 12.4. The second kappa shape index (κ2) is 15.6. The first-order chi connectivity index (χ1) is 23.9. The van der Waals surface area contributed by atoms with E-state index in [1.54, 1.807) is 24.3 Å². The van der Waals surface area contributed by atoms with Gasteiger partial charge in [-0.1, -0.05) is 115 Å². The van der Waals surface area contributed by atoms with Crippen LogP contribution in [0.1, 0.15) is 22.3 Å². The molecule has 4 aromatic rings. The first-order valence-electron chi connectivity index (χ1n) is 16.4. The number of imide groups is 2. The summed E-state index contributed by atoms with van der Waals surface area (Å²) in [5.41, 5.74) is 3.45. The minimum absolute atomic E-state index is 0.0570. The lowest BCUT2D eigenvalue weighted by atomic mass is 9.91. The summed E-state index contributed by atoms with van der Waals surface area (Å²) in [6.45, 7) is 0.133. The number of amides is 4. The lowest BCUT2D eigenvalue weighted by Gasteiger charge is -2.25. The molecule has 0 aliphatic carbocycles. The predicted molar refractivity (Wildman–Crippen MR) is 181 cm³/mol. The molecule has 2 aliphatic heterocycles. The van der Waals surface area contributed by atoms with Crippen molar-refractivity contribution in [3.05, 3.63) is 155 Å². The second-order valence-corrected chi connectivity index (χ2v) is 12.4. The first-order valence-corrected chi connectivity index (χ1v) is 16.4. The fourth-order valence-electron chi connectivity index (χ4n) is 6.38. The highest BCUT2D eigenvalue weighted by Gasteiger charge is 2.42. The molecule has 4 aromatic carbocycles. The molecule has 0 spiro atoms. The van der Waals surface area contributed by atoms with E-state index < -0.39 is 53.7 Å². The van der Waals surface area contributed by atoms with Crippen molar-refractivity contribution in [2.24, 2.45) is 11.8 Å². The van der Waals surface area contributed by atoms with Crippen LogP contribution in [-0.4, -0.2) is 59.1 Å². The molecule has 8 nitrogen and oxygen atoms in total. The highest BCUT2D eigenvalue weighted by atomic mass is 19.1. The number of ether oxygens (including phenoxy) is 2. The maximum absolute atomic E-state index is 14.3. The van der Waals surface area contributed by atoms with E-state index >= 15 is 0 Å². The highest BCUT2D eigenvalue weighted by molar-refractivity contribution is 5.97. The van der Waals surface area contributed by atoms with Gasteiger partial charge in [0.25, 0.3) is 0 Å². The zero-order valence-electron chi connectivity index (χ0n) is 26.9. The Balaban J connectivity index is 1.31.